The van der Waals surface area contributed by atoms with Crippen molar-refractivity contribution in [3.63, 3.8) is 0 Å². The molecule has 0 aliphatic heterocycles. The van der Waals surface area contributed by atoms with E-state index < -0.39 is 5.91 Å². The predicted molar refractivity (Wildman–Crippen MR) is 63.9 cm³/mol. The summed E-state index contributed by atoms with van der Waals surface area (Å²) >= 11 is 0. The lowest BCUT2D eigenvalue weighted by atomic mass is 10.3. The minimum atomic E-state index is -0.989. The molecule has 1 rings (SSSR count). The second-order valence-corrected chi connectivity index (χ2v) is 4.11. The van der Waals surface area contributed by atoms with Gasteiger partial charge in [0.15, 0.2) is 0 Å². The molecule has 0 spiro atoms. The third-order valence-corrected chi connectivity index (χ3v) is 3.22. The van der Waals surface area contributed by atoms with E-state index in [0.717, 1.165) is 16.3 Å². The van der Waals surface area contributed by atoms with Crippen LogP contribution in [0.5, 0.6) is 0 Å². The van der Waals surface area contributed by atoms with Gasteiger partial charge in [0.2, 0.25) is 0 Å². The molecule has 1 aromatic rings. The molecule has 0 aliphatic rings. The van der Waals surface area contributed by atoms with Crippen LogP contribution in [0.1, 0.15) is 0 Å². The Bertz CT molecular complexity index is 286. The van der Waals surface area contributed by atoms with E-state index in [1.54, 1.807) is 44.7 Å². The van der Waals surface area contributed by atoms with Crippen molar-refractivity contribution in [3.05, 3.63) is 18.7 Å². The summed E-state index contributed by atoms with van der Waals surface area (Å²) in [5.41, 5.74) is 3.08. The molecule has 1 aromatic heterocycles. The topological polar surface area (TPSA) is 57.5 Å². The molecule has 0 amide bonds. The summed E-state index contributed by atoms with van der Waals surface area (Å²) in [5, 5.41) is 0. The molecular formula is C9H19N3O3Si. The van der Waals surface area contributed by atoms with Crippen LogP contribution in [0.2, 0.25) is 6.04 Å². The Kier molecular flexibility index (Phi) is 4.94. The van der Waals surface area contributed by atoms with Gasteiger partial charge in [-0.25, -0.2) is 4.98 Å². The van der Waals surface area contributed by atoms with Crippen LogP contribution in [0.4, 0.5) is 0 Å². The number of hydrogen-bond donors (Lipinski definition) is 1. The van der Waals surface area contributed by atoms with E-state index in [1.165, 1.54) is 0 Å². The van der Waals surface area contributed by atoms with Crippen molar-refractivity contribution in [2.24, 2.45) is 0 Å². The monoisotopic (exact) mass is 245 g/mol. The van der Waals surface area contributed by atoms with Crippen LogP contribution >= 0.6 is 0 Å². The standard InChI is InChI=1S/C9H19N3O3Si/c1-13-8(6-16)9(14-2,15-3)11-12-5-4-10-7-12/h4-5,7-8,11H,6H2,1-3,16H3. The Hall–Kier alpha value is -0.893. The van der Waals surface area contributed by atoms with Crippen molar-refractivity contribution in [1.82, 2.24) is 9.66 Å². The molecule has 92 valence electrons. The highest BCUT2D eigenvalue weighted by atomic mass is 28.1. The first-order valence-electron chi connectivity index (χ1n) is 5.11. The first kappa shape index (κ1) is 13.2. The summed E-state index contributed by atoms with van der Waals surface area (Å²) in [5.74, 6) is -0.989. The van der Waals surface area contributed by atoms with Crippen molar-refractivity contribution in [1.29, 1.82) is 0 Å². The van der Waals surface area contributed by atoms with Crippen molar-refractivity contribution < 1.29 is 14.2 Å². The van der Waals surface area contributed by atoms with Crippen molar-refractivity contribution >= 4 is 10.2 Å². The molecule has 1 heterocycles. The smallest absolute Gasteiger partial charge is 0.289 e. The first-order chi connectivity index (χ1) is 7.72. The van der Waals surface area contributed by atoms with Gasteiger partial charge in [-0.2, -0.15) is 0 Å². The van der Waals surface area contributed by atoms with Gasteiger partial charge in [-0.3, -0.25) is 10.1 Å². The molecule has 0 radical (unpaired) electrons. The van der Waals surface area contributed by atoms with Crippen molar-refractivity contribution in [3.8, 4) is 0 Å². The number of hydrogen-bond acceptors (Lipinski definition) is 5. The summed E-state index contributed by atoms with van der Waals surface area (Å²) in [6.07, 6.45) is 4.90. The Morgan fingerprint density at radius 2 is 2.12 bits per heavy atom. The second kappa shape index (κ2) is 5.99. The summed E-state index contributed by atoms with van der Waals surface area (Å²) in [6.45, 7) is 0. The van der Waals surface area contributed by atoms with Crippen LogP contribution in [0.15, 0.2) is 18.7 Å². The van der Waals surface area contributed by atoms with Crippen LogP contribution in [-0.4, -0.2) is 53.2 Å². The maximum absolute atomic E-state index is 5.42. The minimum absolute atomic E-state index is 0.170. The number of aromatic nitrogens is 2. The number of ether oxygens (including phenoxy) is 3. The summed E-state index contributed by atoms with van der Waals surface area (Å²) in [7, 11) is 5.80. The fraction of sp³-hybridized carbons (Fsp3) is 0.667. The molecule has 0 fully saturated rings. The zero-order chi connectivity index (χ0) is 12.0. The Morgan fingerprint density at radius 1 is 1.44 bits per heavy atom. The van der Waals surface area contributed by atoms with Crippen LogP contribution in [0.25, 0.3) is 0 Å². The van der Waals surface area contributed by atoms with Crippen LogP contribution in [0, 0.1) is 0 Å². The average molecular weight is 245 g/mol. The third-order valence-electron chi connectivity index (χ3n) is 2.48. The van der Waals surface area contributed by atoms with E-state index in [9.17, 15) is 0 Å². The predicted octanol–water partition coefficient (Wildman–Crippen LogP) is -0.828. The maximum Gasteiger partial charge on any atom is 0.289 e. The van der Waals surface area contributed by atoms with Gasteiger partial charge in [0.05, 0.1) is 0 Å². The molecule has 6 nitrogen and oxygen atoms in total. The van der Waals surface area contributed by atoms with Crippen molar-refractivity contribution in [2.45, 2.75) is 18.1 Å². The molecule has 0 aromatic carbocycles. The molecule has 0 aliphatic carbocycles. The first-order valence-corrected chi connectivity index (χ1v) is 6.53. The fourth-order valence-electron chi connectivity index (χ4n) is 1.61. The zero-order valence-corrected chi connectivity index (χ0v) is 12.1. The zero-order valence-electron chi connectivity index (χ0n) is 10.1. The number of nitrogens with one attached hydrogen (secondary N) is 1. The average Bonchev–Trinajstić information content (AvgIpc) is 2.81. The van der Waals surface area contributed by atoms with Crippen molar-refractivity contribution in [2.75, 3.05) is 26.8 Å². The van der Waals surface area contributed by atoms with E-state index in [0.29, 0.717) is 0 Å². The summed E-state index contributed by atoms with van der Waals surface area (Å²) in [6, 6.07) is 0.889. The summed E-state index contributed by atoms with van der Waals surface area (Å²) < 4.78 is 17.9. The molecule has 0 bridgehead atoms. The quantitative estimate of drug-likeness (QED) is 0.502. The van der Waals surface area contributed by atoms with E-state index in [1.807, 2.05) is 0 Å². The Balaban J connectivity index is 2.86. The molecule has 1 N–H and O–H groups in total. The number of nitrogens with zero attached hydrogens (tertiary/aromatic N) is 2. The molecular weight excluding hydrogens is 226 g/mol. The van der Waals surface area contributed by atoms with Gasteiger partial charge in [0.25, 0.3) is 5.91 Å². The minimum Gasteiger partial charge on any atom is -0.374 e. The van der Waals surface area contributed by atoms with E-state index >= 15 is 0 Å². The van der Waals surface area contributed by atoms with Crippen LogP contribution in [-0.2, 0) is 14.2 Å². The lowest BCUT2D eigenvalue weighted by Gasteiger charge is -2.37. The third kappa shape index (κ3) is 2.61. The van der Waals surface area contributed by atoms with E-state index in [2.05, 4.69) is 10.4 Å². The van der Waals surface area contributed by atoms with Crippen LogP contribution in [0.3, 0.4) is 0 Å². The highest BCUT2D eigenvalue weighted by Gasteiger charge is 2.39. The van der Waals surface area contributed by atoms with Gasteiger partial charge >= 0.3 is 0 Å². The van der Waals surface area contributed by atoms with Gasteiger partial charge in [0, 0.05) is 44.0 Å². The Labute approximate surface area is 98.3 Å². The number of methoxy groups -OCH3 is 3. The SMILES string of the molecule is COC(C[SiH3])C(Nn1ccnc1)(OC)OC. The van der Waals surface area contributed by atoms with Gasteiger partial charge < -0.3 is 14.2 Å². The molecule has 0 saturated heterocycles. The van der Waals surface area contributed by atoms with Gasteiger partial charge in [-0.1, -0.05) is 0 Å². The van der Waals surface area contributed by atoms with Gasteiger partial charge in [0.1, 0.15) is 12.4 Å². The largest absolute Gasteiger partial charge is 0.374 e. The highest BCUT2D eigenvalue weighted by Crippen LogP contribution is 2.19. The second-order valence-electron chi connectivity index (χ2n) is 3.29. The molecule has 1 unspecified atom stereocenters. The normalized spacial score (nSPS) is 13.9. The maximum atomic E-state index is 5.42. The van der Waals surface area contributed by atoms with Gasteiger partial charge in [-0.15, -0.1) is 0 Å². The molecule has 0 saturated carbocycles. The molecule has 16 heavy (non-hydrogen) atoms. The van der Waals surface area contributed by atoms with E-state index in [4.69, 9.17) is 14.2 Å². The highest BCUT2D eigenvalue weighted by molar-refractivity contribution is 6.08. The Morgan fingerprint density at radius 3 is 2.50 bits per heavy atom. The van der Waals surface area contributed by atoms with Crippen LogP contribution < -0.4 is 5.43 Å². The van der Waals surface area contributed by atoms with Gasteiger partial charge in [-0.05, 0) is 6.04 Å². The molecule has 7 heteroatoms. The fourth-order valence-corrected chi connectivity index (χ4v) is 2.48. The summed E-state index contributed by atoms with van der Waals surface area (Å²) in [4.78, 5) is 3.94. The lowest BCUT2D eigenvalue weighted by molar-refractivity contribution is -0.247. The number of rotatable bonds is 7. The molecule has 1 atom stereocenters. The lowest BCUT2D eigenvalue weighted by Crippen LogP contribution is -2.56. The van der Waals surface area contributed by atoms with E-state index in [-0.39, 0.29) is 6.10 Å². The number of imidazole rings is 1.